The Morgan fingerprint density at radius 3 is 2.71 bits per heavy atom. The first-order valence-electron chi connectivity index (χ1n) is 10.5. The highest BCUT2D eigenvalue weighted by Gasteiger charge is 2.15. The van der Waals surface area contributed by atoms with E-state index in [4.69, 9.17) is 9.15 Å². The summed E-state index contributed by atoms with van der Waals surface area (Å²) in [5.74, 6) is -0.653. The van der Waals surface area contributed by atoms with Crippen LogP contribution in [0.5, 0.6) is 0 Å². The van der Waals surface area contributed by atoms with E-state index in [1.165, 1.54) is 0 Å². The number of nitrogens with one attached hydrogen (secondary N) is 1. The molecule has 2 aromatic carbocycles. The molecule has 0 saturated carbocycles. The molecule has 2 heterocycles. The number of hydrazone groups is 1. The summed E-state index contributed by atoms with van der Waals surface area (Å²) < 4.78 is 14.4. The predicted octanol–water partition coefficient (Wildman–Crippen LogP) is 6.31. The van der Waals surface area contributed by atoms with Crippen LogP contribution >= 0.6 is 31.9 Å². The van der Waals surface area contributed by atoms with Crippen molar-refractivity contribution in [1.82, 2.24) is 9.99 Å². The third kappa shape index (κ3) is 4.85. The maximum Gasteiger partial charge on any atom is 0.338 e. The Morgan fingerprint density at radius 1 is 1.15 bits per heavy atom. The van der Waals surface area contributed by atoms with Crippen LogP contribution in [0.15, 0.2) is 67.0 Å². The number of amides is 1. The van der Waals surface area contributed by atoms with Gasteiger partial charge in [0.1, 0.15) is 5.58 Å². The SMILES string of the molecule is CCOC(=O)c1cccc(-n2c(C)cc(/C=N\NC(=O)c3cc4cc(Br)cc(Br)c4o3)c2C)c1. The van der Waals surface area contributed by atoms with E-state index in [1.807, 2.05) is 48.7 Å². The van der Waals surface area contributed by atoms with Crippen LogP contribution in [0.4, 0.5) is 0 Å². The first-order valence-corrected chi connectivity index (χ1v) is 12.1. The number of rotatable bonds is 6. The Balaban J connectivity index is 1.53. The second kappa shape index (κ2) is 9.99. The molecule has 34 heavy (non-hydrogen) atoms. The fourth-order valence-corrected chi connectivity index (χ4v) is 5.04. The summed E-state index contributed by atoms with van der Waals surface area (Å²) in [6.07, 6.45) is 1.58. The maximum atomic E-state index is 12.5. The lowest BCUT2D eigenvalue weighted by Gasteiger charge is -2.11. The molecule has 4 rings (SSSR count). The minimum Gasteiger partial charge on any atom is -0.462 e. The number of halogens is 2. The molecule has 0 unspecified atom stereocenters. The molecule has 0 bridgehead atoms. The average molecular weight is 587 g/mol. The van der Waals surface area contributed by atoms with E-state index in [1.54, 1.807) is 31.3 Å². The molecule has 0 aliphatic carbocycles. The maximum absolute atomic E-state index is 12.5. The smallest absolute Gasteiger partial charge is 0.338 e. The van der Waals surface area contributed by atoms with Crippen molar-refractivity contribution in [2.75, 3.05) is 6.61 Å². The van der Waals surface area contributed by atoms with Gasteiger partial charge in [-0.15, -0.1) is 0 Å². The Hall–Kier alpha value is -3.17. The normalized spacial score (nSPS) is 11.3. The molecule has 4 aromatic rings. The van der Waals surface area contributed by atoms with Crippen molar-refractivity contribution in [2.24, 2.45) is 5.10 Å². The van der Waals surface area contributed by atoms with Gasteiger partial charge in [0.15, 0.2) is 5.76 Å². The van der Waals surface area contributed by atoms with Crippen LogP contribution in [0.3, 0.4) is 0 Å². The first-order chi connectivity index (χ1) is 16.3. The van der Waals surface area contributed by atoms with Crippen molar-refractivity contribution >= 4 is 60.9 Å². The van der Waals surface area contributed by atoms with Gasteiger partial charge in [0, 0.05) is 32.5 Å². The number of benzene rings is 2. The van der Waals surface area contributed by atoms with Gasteiger partial charge < -0.3 is 13.7 Å². The van der Waals surface area contributed by atoms with E-state index >= 15 is 0 Å². The molecule has 0 aliphatic rings. The molecule has 0 radical (unpaired) electrons. The quantitative estimate of drug-likeness (QED) is 0.163. The van der Waals surface area contributed by atoms with Crippen molar-refractivity contribution in [3.63, 3.8) is 0 Å². The summed E-state index contributed by atoms with van der Waals surface area (Å²) in [4.78, 5) is 24.7. The molecule has 0 atom stereocenters. The number of aryl methyl sites for hydroxylation is 1. The molecule has 174 valence electrons. The molecule has 0 saturated heterocycles. The number of hydrogen-bond acceptors (Lipinski definition) is 5. The zero-order valence-electron chi connectivity index (χ0n) is 18.7. The van der Waals surface area contributed by atoms with E-state index in [-0.39, 0.29) is 11.7 Å². The molecular formula is C25H21Br2N3O4. The van der Waals surface area contributed by atoms with Crippen LogP contribution in [0, 0.1) is 13.8 Å². The van der Waals surface area contributed by atoms with Gasteiger partial charge in [0.05, 0.1) is 22.9 Å². The van der Waals surface area contributed by atoms with E-state index < -0.39 is 5.91 Å². The number of ether oxygens (including phenoxy) is 1. The fourth-order valence-electron chi connectivity index (χ4n) is 3.71. The van der Waals surface area contributed by atoms with Crippen LogP contribution in [-0.4, -0.2) is 29.3 Å². The van der Waals surface area contributed by atoms with Crippen molar-refractivity contribution in [3.8, 4) is 5.69 Å². The minimum absolute atomic E-state index is 0.159. The van der Waals surface area contributed by atoms with Gasteiger partial charge >= 0.3 is 11.9 Å². The molecule has 1 amide bonds. The van der Waals surface area contributed by atoms with Gasteiger partial charge in [-0.1, -0.05) is 22.0 Å². The Labute approximate surface area is 213 Å². The molecule has 1 N–H and O–H groups in total. The van der Waals surface area contributed by atoms with Crippen molar-refractivity contribution in [2.45, 2.75) is 20.8 Å². The van der Waals surface area contributed by atoms with Crippen LogP contribution in [-0.2, 0) is 4.74 Å². The van der Waals surface area contributed by atoms with Gasteiger partial charge in [0.2, 0.25) is 0 Å². The predicted molar refractivity (Wildman–Crippen MR) is 138 cm³/mol. The summed E-state index contributed by atoms with van der Waals surface area (Å²) in [5, 5.41) is 4.91. The van der Waals surface area contributed by atoms with Gasteiger partial charge in [-0.2, -0.15) is 5.10 Å². The summed E-state index contributed by atoms with van der Waals surface area (Å²) in [7, 11) is 0. The number of furan rings is 1. The first kappa shape index (κ1) is 24.0. The lowest BCUT2D eigenvalue weighted by Crippen LogP contribution is -2.16. The monoisotopic (exact) mass is 585 g/mol. The van der Waals surface area contributed by atoms with Crippen molar-refractivity contribution in [1.29, 1.82) is 0 Å². The zero-order chi connectivity index (χ0) is 24.4. The largest absolute Gasteiger partial charge is 0.462 e. The lowest BCUT2D eigenvalue weighted by atomic mass is 10.2. The second-order valence-electron chi connectivity index (χ2n) is 7.55. The zero-order valence-corrected chi connectivity index (χ0v) is 21.9. The fraction of sp³-hybridized carbons (Fsp3) is 0.160. The Bertz CT molecular complexity index is 1440. The summed E-state index contributed by atoms with van der Waals surface area (Å²) in [6, 6.07) is 14.6. The van der Waals surface area contributed by atoms with Gasteiger partial charge in [-0.3, -0.25) is 4.79 Å². The van der Waals surface area contributed by atoms with Crippen LogP contribution in [0.2, 0.25) is 0 Å². The van der Waals surface area contributed by atoms with Crippen LogP contribution in [0.1, 0.15) is 44.8 Å². The number of carbonyl (C=O) groups excluding carboxylic acids is 2. The molecule has 0 fully saturated rings. The summed E-state index contributed by atoms with van der Waals surface area (Å²) in [5.41, 5.74) is 7.12. The molecular weight excluding hydrogens is 566 g/mol. The van der Waals surface area contributed by atoms with Gasteiger partial charge in [-0.05, 0) is 79.2 Å². The summed E-state index contributed by atoms with van der Waals surface area (Å²) in [6.45, 7) is 6.00. The average Bonchev–Trinajstić information content (AvgIpc) is 3.35. The highest BCUT2D eigenvalue weighted by molar-refractivity contribution is 9.11. The molecule has 0 aliphatic heterocycles. The molecule has 9 heteroatoms. The lowest BCUT2D eigenvalue weighted by molar-refractivity contribution is 0.0526. The van der Waals surface area contributed by atoms with E-state index in [2.05, 4.69) is 42.4 Å². The van der Waals surface area contributed by atoms with Gasteiger partial charge in [-0.25, -0.2) is 10.2 Å². The second-order valence-corrected chi connectivity index (χ2v) is 9.32. The Morgan fingerprint density at radius 2 is 1.94 bits per heavy atom. The van der Waals surface area contributed by atoms with Gasteiger partial charge in [0.25, 0.3) is 0 Å². The highest BCUT2D eigenvalue weighted by atomic mass is 79.9. The number of nitrogens with zero attached hydrogens (tertiary/aromatic N) is 2. The number of fused-ring (bicyclic) bond motifs is 1. The third-order valence-corrected chi connectivity index (χ3v) is 6.26. The number of carbonyl (C=O) groups is 2. The highest BCUT2D eigenvalue weighted by Crippen LogP contribution is 2.31. The Kier molecular flexibility index (Phi) is 7.04. The third-order valence-electron chi connectivity index (χ3n) is 5.22. The molecule has 2 aromatic heterocycles. The molecule has 0 spiro atoms. The number of hydrogen-bond donors (Lipinski definition) is 1. The van der Waals surface area contributed by atoms with Crippen LogP contribution < -0.4 is 5.43 Å². The van der Waals surface area contributed by atoms with E-state index in [0.717, 1.165) is 37.0 Å². The summed E-state index contributed by atoms with van der Waals surface area (Å²) >= 11 is 6.86. The number of aromatic nitrogens is 1. The van der Waals surface area contributed by atoms with E-state index in [9.17, 15) is 9.59 Å². The topological polar surface area (TPSA) is 85.8 Å². The van der Waals surface area contributed by atoms with Crippen LogP contribution in [0.25, 0.3) is 16.7 Å². The van der Waals surface area contributed by atoms with E-state index in [0.29, 0.717) is 17.8 Å². The minimum atomic E-state index is -0.452. The molecule has 7 nitrogen and oxygen atoms in total. The standard InChI is InChI=1S/C25H21Br2N3O4/c1-4-33-25(32)16-6-5-7-20(10-16)30-14(2)8-18(15(30)3)13-28-29-24(31)22-11-17-9-19(26)12-21(27)23(17)34-22/h5-13H,4H2,1-3H3,(H,29,31)/b28-13-. The number of esters is 1. The van der Waals surface area contributed by atoms with Crippen molar-refractivity contribution < 1.29 is 18.7 Å². The van der Waals surface area contributed by atoms with Crippen molar-refractivity contribution in [3.05, 3.63) is 85.8 Å².